The summed E-state index contributed by atoms with van der Waals surface area (Å²) >= 11 is 0. The van der Waals surface area contributed by atoms with E-state index in [2.05, 4.69) is 10.3 Å². The third-order valence-corrected chi connectivity index (χ3v) is 3.95. The first-order valence-corrected chi connectivity index (χ1v) is 8.00. The zero-order valence-electron chi connectivity index (χ0n) is 13.9. The van der Waals surface area contributed by atoms with Crippen LogP contribution in [0.25, 0.3) is 11.5 Å². The van der Waals surface area contributed by atoms with Crippen LogP contribution in [-0.4, -0.2) is 17.7 Å². The minimum Gasteiger partial charge on any atom is -0.454 e. The number of hydrogen-bond acceptors (Lipinski definition) is 5. The molecule has 26 heavy (non-hydrogen) atoms. The molecule has 0 bridgehead atoms. The first-order valence-electron chi connectivity index (χ1n) is 8.00. The van der Waals surface area contributed by atoms with Gasteiger partial charge in [0.2, 0.25) is 18.6 Å². The molecule has 6 nitrogen and oxygen atoms in total. The summed E-state index contributed by atoms with van der Waals surface area (Å²) in [5, 5.41) is 2.79. The average Bonchev–Trinajstić information content (AvgIpc) is 3.21. The van der Waals surface area contributed by atoms with Crippen LogP contribution in [0.4, 0.5) is 10.1 Å². The van der Waals surface area contributed by atoms with Crippen LogP contribution in [0.5, 0.6) is 11.5 Å². The van der Waals surface area contributed by atoms with Crippen LogP contribution in [0, 0.1) is 12.7 Å². The number of aromatic nitrogens is 1. The van der Waals surface area contributed by atoms with Crippen molar-refractivity contribution in [3.8, 4) is 23.0 Å². The molecule has 1 aliphatic heterocycles. The molecule has 0 fully saturated rings. The maximum Gasteiger partial charge on any atom is 0.231 e. The monoisotopic (exact) mass is 354 g/mol. The minimum atomic E-state index is -0.375. The van der Waals surface area contributed by atoms with E-state index >= 15 is 0 Å². The van der Waals surface area contributed by atoms with Crippen LogP contribution in [0.3, 0.4) is 0 Å². The lowest BCUT2D eigenvalue weighted by atomic mass is 10.2. The second-order valence-corrected chi connectivity index (χ2v) is 5.83. The molecule has 0 atom stereocenters. The minimum absolute atomic E-state index is 0.0408. The number of nitrogens with one attached hydrogen (secondary N) is 1. The molecule has 1 N–H and O–H groups in total. The van der Waals surface area contributed by atoms with Crippen molar-refractivity contribution in [2.45, 2.75) is 13.3 Å². The molecule has 0 radical (unpaired) electrons. The molecule has 0 saturated carbocycles. The van der Waals surface area contributed by atoms with Gasteiger partial charge in [-0.3, -0.25) is 4.79 Å². The molecule has 1 aliphatic rings. The Balaban J connectivity index is 1.48. The van der Waals surface area contributed by atoms with Crippen molar-refractivity contribution in [2.24, 2.45) is 0 Å². The molecule has 3 aromatic rings. The predicted octanol–water partition coefficient (Wildman–Crippen LogP) is 3.70. The zero-order valence-corrected chi connectivity index (χ0v) is 13.9. The summed E-state index contributed by atoms with van der Waals surface area (Å²) in [6.45, 7) is 1.90. The number of oxazole rings is 1. The smallest absolute Gasteiger partial charge is 0.231 e. The Morgan fingerprint density at radius 3 is 2.88 bits per heavy atom. The van der Waals surface area contributed by atoms with Crippen LogP contribution < -0.4 is 14.8 Å². The Morgan fingerprint density at radius 1 is 1.19 bits per heavy atom. The summed E-state index contributed by atoms with van der Waals surface area (Å²) in [5.41, 5.74) is 1.63. The molecule has 1 aromatic heterocycles. The van der Waals surface area contributed by atoms with E-state index in [1.807, 2.05) is 0 Å². The van der Waals surface area contributed by atoms with Crippen molar-refractivity contribution in [1.82, 2.24) is 4.98 Å². The molecule has 132 valence electrons. The van der Waals surface area contributed by atoms with E-state index in [1.54, 1.807) is 37.3 Å². The van der Waals surface area contributed by atoms with Crippen molar-refractivity contribution in [2.75, 3.05) is 12.1 Å². The summed E-state index contributed by atoms with van der Waals surface area (Å²) in [7, 11) is 0. The molecule has 2 aromatic carbocycles. The predicted molar refractivity (Wildman–Crippen MR) is 91.5 cm³/mol. The van der Waals surface area contributed by atoms with Crippen LogP contribution >= 0.6 is 0 Å². The van der Waals surface area contributed by atoms with Gasteiger partial charge < -0.3 is 19.2 Å². The van der Waals surface area contributed by atoms with E-state index in [-0.39, 0.29) is 30.8 Å². The first-order chi connectivity index (χ1) is 12.6. The van der Waals surface area contributed by atoms with Gasteiger partial charge in [0.1, 0.15) is 11.6 Å². The number of anilines is 1. The Kier molecular flexibility index (Phi) is 4.04. The number of ether oxygens (including phenoxy) is 2. The maximum atomic E-state index is 13.4. The van der Waals surface area contributed by atoms with E-state index in [0.29, 0.717) is 34.2 Å². The van der Waals surface area contributed by atoms with Crippen LogP contribution in [0.15, 0.2) is 46.9 Å². The summed E-state index contributed by atoms with van der Waals surface area (Å²) in [5.74, 6) is 1.42. The SMILES string of the molecule is Cc1oc(-c2cccc(F)c2)nc1CC(=O)Nc1ccc2c(c1)OCO2. The Hall–Kier alpha value is -3.35. The molecule has 1 amide bonds. The van der Waals surface area contributed by atoms with Gasteiger partial charge in [-0.15, -0.1) is 0 Å². The molecule has 0 aliphatic carbocycles. The van der Waals surface area contributed by atoms with Crippen LogP contribution in [0.2, 0.25) is 0 Å². The second-order valence-electron chi connectivity index (χ2n) is 5.83. The number of halogens is 1. The van der Waals surface area contributed by atoms with Gasteiger partial charge in [0.25, 0.3) is 0 Å². The summed E-state index contributed by atoms with van der Waals surface area (Å²) in [4.78, 5) is 16.6. The number of carbonyl (C=O) groups excluding carboxylic acids is 1. The standard InChI is InChI=1S/C19H15FN2O4/c1-11-15(22-19(26-11)12-3-2-4-13(20)7-12)9-18(23)21-14-5-6-16-17(8-14)25-10-24-16/h2-8H,9-10H2,1H3,(H,21,23). The first kappa shape index (κ1) is 16.1. The second kappa shape index (κ2) is 6.51. The highest BCUT2D eigenvalue weighted by Gasteiger charge is 2.17. The highest BCUT2D eigenvalue weighted by atomic mass is 19.1. The van der Waals surface area contributed by atoms with Gasteiger partial charge in [0.15, 0.2) is 11.5 Å². The largest absolute Gasteiger partial charge is 0.454 e. The van der Waals surface area contributed by atoms with Gasteiger partial charge in [-0.2, -0.15) is 0 Å². The van der Waals surface area contributed by atoms with Crippen molar-refractivity contribution < 1.29 is 23.1 Å². The average molecular weight is 354 g/mol. The van der Waals surface area contributed by atoms with E-state index < -0.39 is 0 Å². The Bertz CT molecular complexity index is 983. The molecule has 0 unspecified atom stereocenters. The molecule has 0 spiro atoms. The normalized spacial score (nSPS) is 12.2. The number of fused-ring (bicyclic) bond motifs is 1. The molecule has 0 saturated heterocycles. The number of amides is 1. The summed E-state index contributed by atoms with van der Waals surface area (Å²) in [6.07, 6.45) is 0.0408. The fourth-order valence-electron chi connectivity index (χ4n) is 2.67. The van der Waals surface area contributed by atoms with Gasteiger partial charge in [0, 0.05) is 17.3 Å². The highest BCUT2D eigenvalue weighted by molar-refractivity contribution is 5.92. The van der Waals surface area contributed by atoms with Crippen molar-refractivity contribution in [3.05, 3.63) is 59.7 Å². The van der Waals surface area contributed by atoms with Crippen molar-refractivity contribution in [1.29, 1.82) is 0 Å². The lowest BCUT2D eigenvalue weighted by molar-refractivity contribution is -0.115. The number of nitrogens with zero attached hydrogens (tertiary/aromatic N) is 1. The molecule has 2 heterocycles. The highest BCUT2D eigenvalue weighted by Crippen LogP contribution is 2.34. The number of hydrogen-bond donors (Lipinski definition) is 1. The van der Waals surface area contributed by atoms with E-state index in [4.69, 9.17) is 13.9 Å². The Morgan fingerprint density at radius 2 is 2.04 bits per heavy atom. The van der Waals surface area contributed by atoms with Crippen molar-refractivity contribution >= 4 is 11.6 Å². The third-order valence-electron chi connectivity index (χ3n) is 3.95. The van der Waals surface area contributed by atoms with Crippen LogP contribution in [-0.2, 0) is 11.2 Å². The third kappa shape index (κ3) is 3.23. The van der Waals surface area contributed by atoms with E-state index in [0.717, 1.165) is 0 Å². The number of carbonyl (C=O) groups is 1. The summed E-state index contributed by atoms with van der Waals surface area (Å²) < 4.78 is 29.5. The zero-order chi connectivity index (χ0) is 18.1. The molecular weight excluding hydrogens is 339 g/mol. The molecule has 7 heteroatoms. The van der Waals surface area contributed by atoms with E-state index in [9.17, 15) is 9.18 Å². The van der Waals surface area contributed by atoms with Gasteiger partial charge in [-0.1, -0.05) is 6.07 Å². The lowest BCUT2D eigenvalue weighted by Crippen LogP contribution is -2.15. The maximum absolute atomic E-state index is 13.4. The van der Waals surface area contributed by atoms with Crippen LogP contribution in [0.1, 0.15) is 11.5 Å². The van der Waals surface area contributed by atoms with Gasteiger partial charge in [-0.25, -0.2) is 9.37 Å². The van der Waals surface area contributed by atoms with Crippen molar-refractivity contribution in [3.63, 3.8) is 0 Å². The van der Waals surface area contributed by atoms with Gasteiger partial charge >= 0.3 is 0 Å². The number of benzene rings is 2. The van der Waals surface area contributed by atoms with Gasteiger partial charge in [-0.05, 0) is 37.3 Å². The summed E-state index contributed by atoms with van der Waals surface area (Å²) in [6, 6.07) is 11.1. The molecular formula is C19H15FN2O4. The Labute approximate surface area is 148 Å². The number of aryl methyl sites for hydroxylation is 1. The quantitative estimate of drug-likeness (QED) is 0.773. The van der Waals surface area contributed by atoms with Gasteiger partial charge in [0.05, 0.1) is 12.1 Å². The fourth-order valence-corrected chi connectivity index (χ4v) is 2.67. The van der Waals surface area contributed by atoms with E-state index in [1.165, 1.54) is 12.1 Å². The lowest BCUT2D eigenvalue weighted by Gasteiger charge is -2.05. The number of rotatable bonds is 4. The topological polar surface area (TPSA) is 73.6 Å². The fraction of sp³-hybridized carbons (Fsp3) is 0.158. The molecule has 4 rings (SSSR count).